The maximum Gasteiger partial charge on any atom is 0.119 e. The molecule has 1 N–H and O–H groups in total. The largest absolute Gasteiger partial charge is 0.497 e. The first kappa shape index (κ1) is 21.4. The van der Waals surface area contributed by atoms with Crippen molar-refractivity contribution in [1.82, 2.24) is 4.90 Å². The van der Waals surface area contributed by atoms with Gasteiger partial charge in [-0.15, -0.1) is 0 Å². The molecule has 5 nitrogen and oxygen atoms in total. The highest BCUT2D eigenvalue weighted by molar-refractivity contribution is 5.28. The highest BCUT2D eigenvalue weighted by atomic mass is 16.5. The molecule has 0 saturated heterocycles. The van der Waals surface area contributed by atoms with Gasteiger partial charge < -0.3 is 19.3 Å². The summed E-state index contributed by atoms with van der Waals surface area (Å²) in [5, 5.41) is 10.4. The molecule has 2 aromatic rings. The Bertz CT molecular complexity index is 635. The van der Waals surface area contributed by atoms with Crippen molar-refractivity contribution in [3.05, 3.63) is 65.7 Å². The van der Waals surface area contributed by atoms with Crippen LogP contribution in [-0.4, -0.2) is 56.6 Å². The van der Waals surface area contributed by atoms with Crippen molar-refractivity contribution in [2.45, 2.75) is 25.7 Å². The quantitative estimate of drug-likeness (QED) is 0.547. The number of hydrogen-bond acceptors (Lipinski definition) is 5. The zero-order valence-electron chi connectivity index (χ0n) is 16.3. The van der Waals surface area contributed by atoms with Gasteiger partial charge in [0.1, 0.15) is 5.75 Å². The van der Waals surface area contributed by atoms with Crippen molar-refractivity contribution < 1.29 is 19.3 Å². The molecule has 0 aliphatic rings. The van der Waals surface area contributed by atoms with E-state index < -0.39 is 6.10 Å². The molecule has 2 rings (SSSR count). The van der Waals surface area contributed by atoms with Gasteiger partial charge in [0.15, 0.2) is 0 Å². The predicted octanol–water partition coefficient (Wildman–Crippen LogP) is 3.11. The Morgan fingerprint density at radius 1 is 1.00 bits per heavy atom. The minimum Gasteiger partial charge on any atom is -0.497 e. The van der Waals surface area contributed by atoms with Crippen LogP contribution in [0.15, 0.2) is 54.6 Å². The van der Waals surface area contributed by atoms with Crippen LogP contribution in [0.2, 0.25) is 0 Å². The third-order valence-corrected chi connectivity index (χ3v) is 4.25. The molecule has 0 amide bonds. The molecule has 0 heterocycles. The van der Waals surface area contributed by atoms with E-state index in [1.54, 1.807) is 14.2 Å². The molecule has 1 atom stereocenters. The number of methoxy groups -OCH3 is 2. The lowest BCUT2D eigenvalue weighted by atomic mass is 10.2. The third-order valence-electron chi connectivity index (χ3n) is 4.25. The summed E-state index contributed by atoms with van der Waals surface area (Å²) in [6, 6.07) is 18.0. The minimum absolute atomic E-state index is 0.313. The van der Waals surface area contributed by atoms with E-state index in [0.29, 0.717) is 26.4 Å². The molecule has 0 radical (unpaired) electrons. The summed E-state index contributed by atoms with van der Waals surface area (Å²) in [6.45, 7) is 3.67. The normalized spacial score (nSPS) is 12.3. The van der Waals surface area contributed by atoms with Crippen LogP contribution in [0.3, 0.4) is 0 Å². The van der Waals surface area contributed by atoms with Crippen molar-refractivity contribution in [1.29, 1.82) is 0 Å². The standard InChI is InChI=1S/C22H31NO4/c1-25-13-7-12-23(15-20-10-6-11-22(14-20)26-2)16-21(24)18-27-17-19-8-4-3-5-9-19/h3-6,8-11,14,21,24H,7,12-13,15-18H2,1-2H3/t21-/m1/s1. The molecule has 2 aromatic carbocycles. The lowest BCUT2D eigenvalue weighted by Crippen LogP contribution is -2.35. The molecule has 0 bridgehead atoms. The number of aliphatic hydroxyl groups excluding tert-OH is 1. The van der Waals surface area contributed by atoms with E-state index in [0.717, 1.165) is 36.4 Å². The highest BCUT2D eigenvalue weighted by Gasteiger charge is 2.13. The smallest absolute Gasteiger partial charge is 0.119 e. The van der Waals surface area contributed by atoms with Crippen LogP contribution in [0.1, 0.15) is 17.5 Å². The fourth-order valence-corrected chi connectivity index (χ4v) is 2.93. The van der Waals surface area contributed by atoms with E-state index in [-0.39, 0.29) is 0 Å². The Hall–Kier alpha value is -1.92. The van der Waals surface area contributed by atoms with E-state index in [4.69, 9.17) is 14.2 Å². The molecule has 0 aromatic heterocycles. The van der Waals surface area contributed by atoms with Crippen LogP contribution < -0.4 is 4.74 Å². The van der Waals surface area contributed by atoms with Crippen molar-refractivity contribution >= 4 is 0 Å². The molecule has 0 saturated carbocycles. The number of ether oxygens (including phenoxy) is 3. The van der Waals surface area contributed by atoms with E-state index >= 15 is 0 Å². The topological polar surface area (TPSA) is 51.2 Å². The molecule has 0 aliphatic heterocycles. The molecular formula is C22H31NO4. The molecule has 0 unspecified atom stereocenters. The Balaban J connectivity index is 1.84. The van der Waals surface area contributed by atoms with Crippen LogP contribution in [0.5, 0.6) is 5.75 Å². The summed E-state index contributed by atoms with van der Waals surface area (Å²) in [5.74, 6) is 0.844. The molecule has 148 valence electrons. The predicted molar refractivity (Wildman–Crippen MR) is 107 cm³/mol. The summed E-state index contributed by atoms with van der Waals surface area (Å²) in [7, 11) is 3.38. The molecule has 27 heavy (non-hydrogen) atoms. The van der Waals surface area contributed by atoms with Gasteiger partial charge >= 0.3 is 0 Å². The molecular weight excluding hydrogens is 342 g/mol. The molecule has 0 spiro atoms. The monoisotopic (exact) mass is 373 g/mol. The summed E-state index contributed by atoms with van der Waals surface area (Å²) in [5.41, 5.74) is 2.27. The van der Waals surface area contributed by atoms with Gasteiger partial charge in [-0.25, -0.2) is 0 Å². The maximum absolute atomic E-state index is 10.4. The third kappa shape index (κ3) is 8.54. The van der Waals surface area contributed by atoms with Gasteiger partial charge in [-0.3, -0.25) is 4.90 Å². The maximum atomic E-state index is 10.4. The number of aliphatic hydroxyl groups is 1. The fourth-order valence-electron chi connectivity index (χ4n) is 2.93. The zero-order valence-corrected chi connectivity index (χ0v) is 16.3. The number of nitrogens with zero attached hydrogens (tertiary/aromatic N) is 1. The first-order valence-electron chi connectivity index (χ1n) is 9.35. The van der Waals surface area contributed by atoms with Crippen LogP contribution in [-0.2, 0) is 22.6 Å². The second-order valence-electron chi connectivity index (χ2n) is 6.59. The number of rotatable bonds is 13. The fraction of sp³-hybridized carbons (Fsp3) is 0.455. The van der Waals surface area contributed by atoms with Crippen molar-refractivity contribution in [2.24, 2.45) is 0 Å². The van der Waals surface area contributed by atoms with E-state index in [9.17, 15) is 5.11 Å². The Labute approximate surface area is 162 Å². The SMILES string of the molecule is COCCCN(Cc1cccc(OC)c1)C[C@@H](O)COCc1ccccc1. The Morgan fingerprint density at radius 3 is 2.52 bits per heavy atom. The summed E-state index contributed by atoms with van der Waals surface area (Å²) < 4.78 is 16.1. The molecule has 5 heteroatoms. The van der Waals surface area contributed by atoms with Gasteiger partial charge in [0.2, 0.25) is 0 Å². The Kier molecular flexibility index (Phi) is 9.87. The van der Waals surface area contributed by atoms with Crippen LogP contribution >= 0.6 is 0 Å². The first-order chi connectivity index (χ1) is 13.2. The van der Waals surface area contributed by atoms with E-state index in [1.807, 2.05) is 48.5 Å². The summed E-state index contributed by atoms with van der Waals surface area (Å²) in [4.78, 5) is 2.23. The minimum atomic E-state index is -0.540. The first-order valence-corrected chi connectivity index (χ1v) is 9.35. The number of benzene rings is 2. The van der Waals surface area contributed by atoms with E-state index in [2.05, 4.69) is 11.0 Å². The number of hydrogen-bond donors (Lipinski definition) is 1. The van der Waals surface area contributed by atoms with Gasteiger partial charge in [0, 0.05) is 33.4 Å². The van der Waals surface area contributed by atoms with E-state index in [1.165, 1.54) is 0 Å². The highest BCUT2D eigenvalue weighted by Crippen LogP contribution is 2.15. The van der Waals surface area contributed by atoms with Gasteiger partial charge in [-0.2, -0.15) is 0 Å². The summed E-state index contributed by atoms with van der Waals surface area (Å²) in [6.07, 6.45) is 0.375. The average molecular weight is 373 g/mol. The second-order valence-corrected chi connectivity index (χ2v) is 6.59. The van der Waals surface area contributed by atoms with Crippen LogP contribution in [0, 0.1) is 0 Å². The van der Waals surface area contributed by atoms with Gasteiger partial charge in [-0.1, -0.05) is 42.5 Å². The van der Waals surface area contributed by atoms with Crippen molar-refractivity contribution in [3.63, 3.8) is 0 Å². The second kappa shape index (κ2) is 12.5. The summed E-state index contributed by atoms with van der Waals surface area (Å²) >= 11 is 0. The lowest BCUT2D eigenvalue weighted by molar-refractivity contribution is 0.00738. The van der Waals surface area contributed by atoms with Gasteiger partial charge in [0.25, 0.3) is 0 Å². The van der Waals surface area contributed by atoms with Gasteiger partial charge in [-0.05, 0) is 29.7 Å². The van der Waals surface area contributed by atoms with Crippen molar-refractivity contribution in [2.75, 3.05) is 40.5 Å². The average Bonchev–Trinajstić information content (AvgIpc) is 2.69. The van der Waals surface area contributed by atoms with Gasteiger partial charge in [0.05, 0.1) is 26.4 Å². The molecule has 0 aliphatic carbocycles. The Morgan fingerprint density at radius 2 is 1.78 bits per heavy atom. The molecule has 0 fully saturated rings. The van der Waals surface area contributed by atoms with Crippen LogP contribution in [0.25, 0.3) is 0 Å². The zero-order chi connectivity index (χ0) is 19.3. The van der Waals surface area contributed by atoms with Crippen molar-refractivity contribution in [3.8, 4) is 5.75 Å². The lowest BCUT2D eigenvalue weighted by Gasteiger charge is -2.25. The van der Waals surface area contributed by atoms with Crippen LogP contribution in [0.4, 0.5) is 0 Å².